The molecule has 2 aliphatic rings. The van der Waals surface area contributed by atoms with Gasteiger partial charge in [-0.25, -0.2) is 8.78 Å². The fraction of sp³-hybridized carbons (Fsp3) is 0.308. The zero-order valence-corrected chi connectivity index (χ0v) is 18.8. The first-order valence-corrected chi connectivity index (χ1v) is 11.4. The van der Waals surface area contributed by atoms with Gasteiger partial charge in [0.15, 0.2) is 5.75 Å². The molecule has 0 bridgehead atoms. The van der Waals surface area contributed by atoms with Crippen LogP contribution in [0.5, 0.6) is 5.75 Å². The Balaban J connectivity index is 0.00000206. The molecule has 7 heteroatoms. The molecule has 1 saturated heterocycles. The molecule has 0 radical (unpaired) electrons. The highest BCUT2D eigenvalue weighted by Gasteiger charge is 2.33. The van der Waals surface area contributed by atoms with Crippen molar-refractivity contribution >= 4 is 56.0 Å². The van der Waals surface area contributed by atoms with Gasteiger partial charge >= 0.3 is 0 Å². The molecule has 33 heavy (non-hydrogen) atoms. The summed E-state index contributed by atoms with van der Waals surface area (Å²) in [5, 5.41) is 7.22. The van der Waals surface area contributed by atoms with Gasteiger partial charge in [0.1, 0.15) is 18.2 Å². The number of benzene rings is 3. The van der Waals surface area contributed by atoms with Crippen LogP contribution in [0.15, 0.2) is 36.4 Å². The number of rotatable bonds is 4. The Morgan fingerprint density at radius 3 is 1.97 bits per heavy atom. The number of H-pyrrole nitrogens is 2. The average Bonchev–Trinajstić information content (AvgIpc) is 3.18. The number of ether oxygens (including phenoxy) is 1. The monoisotopic (exact) mass is 467 g/mol. The lowest BCUT2D eigenvalue weighted by molar-refractivity contribution is 0.282. The molecule has 1 saturated carbocycles. The van der Waals surface area contributed by atoms with Gasteiger partial charge in [0.2, 0.25) is 0 Å². The molecule has 7 rings (SSSR count). The van der Waals surface area contributed by atoms with Gasteiger partial charge in [-0.05, 0) is 80.1 Å². The molecule has 1 aliphatic heterocycles. The van der Waals surface area contributed by atoms with Crippen LogP contribution in [0.2, 0.25) is 0 Å². The average molecular weight is 468 g/mol. The van der Waals surface area contributed by atoms with Crippen molar-refractivity contribution in [1.29, 1.82) is 0 Å². The summed E-state index contributed by atoms with van der Waals surface area (Å²) < 4.78 is 35.1. The summed E-state index contributed by atoms with van der Waals surface area (Å²) in [6.07, 6.45) is 4.40. The lowest BCUT2D eigenvalue weighted by atomic mass is 9.96. The standard InChI is InChI=1S/C26H23F2N3O.ClH/c27-14-5-7-19-17(10-14)22-21(13-3-4-13)23-18-11-15(28)6-8-20(18)31-25(23)26(24(22)30-19)32-12-16-2-1-9-29-16;/h5-8,10-11,13,16,29-31H,1-4,9,12H2;1H. The summed E-state index contributed by atoms with van der Waals surface area (Å²) in [6.45, 7) is 1.57. The zero-order chi connectivity index (χ0) is 21.4. The SMILES string of the molecule is Cl.Fc1ccc2[nH]c3c(OCC4CCCN4)c4[nH]c5ccc(F)cc5c4c(C4CC4)c3c2c1. The minimum absolute atomic E-state index is 0. The Labute approximate surface area is 195 Å². The lowest BCUT2D eigenvalue weighted by Gasteiger charge is -2.16. The topological polar surface area (TPSA) is 52.8 Å². The van der Waals surface area contributed by atoms with Crippen LogP contribution in [0.1, 0.15) is 37.2 Å². The van der Waals surface area contributed by atoms with E-state index in [1.54, 1.807) is 24.3 Å². The summed E-state index contributed by atoms with van der Waals surface area (Å²) in [6, 6.07) is 10.0. The third-order valence-corrected chi connectivity index (χ3v) is 7.09. The third-order valence-electron chi connectivity index (χ3n) is 7.09. The predicted molar refractivity (Wildman–Crippen MR) is 131 cm³/mol. The van der Waals surface area contributed by atoms with E-state index in [4.69, 9.17) is 4.74 Å². The minimum atomic E-state index is -0.261. The molecule has 2 aromatic heterocycles. The number of hydrogen-bond acceptors (Lipinski definition) is 2. The number of hydrogen-bond donors (Lipinski definition) is 3. The Morgan fingerprint density at radius 1 is 0.848 bits per heavy atom. The molecule has 1 unspecified atom stereocenters. The molecule has 3 aromatic carbocycles. The van der Waals surface area contributed by atoms with Crippen molar-refractivity contribution in [1.82, 2.24) is 15.3 Å². The summed E-state index contributed by atoms with van der Waals surface area (Å²) in [5.41, 5.74) is 4.73. The highest BCUT2D eigenvalue weighted by molar-refractivity contribution is 6.23. The van der Waals surface area contributed by atoms with Gasteiger partial charge in [0.05, 0.1) is 11.0 Å². The van der Waals surface area contributed by atoms with Crippen molar-refractivity contribution in [3.05, 3.63) is 53.6 Å². The normalized spacial score (nSPS) is 18.5. The lowest BCUT2D eigenvalue weighted by Crippen LogP contribution is -2.28. The quantitative estimate of drug-likeness (QED) is 0.276. The van der Waals surface area contributed by atoms with Crippen LogP contribution in [-0.4, -0.2) is 29.2 Å². The van der Waals surface area contributed by atoms with E-state index in [0.29, 0.717) is 18.6 Å². The molecule has 3 heterocycles. The van der Waals surface area contributed by atoms with E-state index in [9.17, 15) is 8.78 Å². The number of halogens is 3. The fourth-order valence-electron chi connectivity index (χ4n) is 5.49. The van der Waals surface area contributed by atoms with Gasteiger partial charge < -0.3 is 20.0 Å². The number of fused-ring (bicyclic) bond motifs is 6. The zero-order valence-electron chi connectivity index (χ0n) is 17.9. The Hall–Kier alpha value is -2.83. The molecule has 0 spiro atoms. The first-order chi connectivity index (χ1) is 15.7. The smallest absolute Gasteiger partial charge is 0.167 e. The van der Waals surface area contributed by atoms with Crippen molar-refractivity contribution in [3.8, 4) is 5.75 Å². The van der Waals surface area contributed by atoms with Gasteiger partial charge in [0, 0.05) is 38.6 Å². The van der Waals surface area contributed by atoms with Gasteiger partial charge in [-0.1, -0.05) is 0 Å². The van der Waals surface area contributed by atoms with Gasteiger partial charge in [-0.15, -0.1) is 12.4 Å². The maximum absolute atomic E-state index is 14.3. The molecular weight excluding hydrogens is 444 g/mol. The van der Waals surface area contributed by atoms with Crippen LogP contribution in [0, 0.1) is 11.6 Å². The Kier molecular flexibility index (Phi) is 4.78. The largest absolute Gasteiger partial charge is 0.488 e. The molecular formula is C26H24ClF2N3O. The van der Waals surface area contributed by atoms with Crippen molar-refractivity contribution in [2.45, 2.75) is 37.6 Å². The van der Waals surface area contributed by atoms with E-state index in [1.807, 2.05) is 0 Å². The third kappa shape index (κ3) is 3.19. The van der Waals surface area contributed by atoms with E-state index in [2.05, 4.69) is 15.3 Å². The Morgan fingerprint density at radius 2 is 1.45 bits per heavy atom. The van der Waals surface area contributed by atoms with Crippen molar-refractivity contribution in [3.63, 3.8) is 0 Å². The van der Waals surface area contributed by atoms with Crippen LogP contribution in [0.25, 0.3) is 43.6 Å². The van der Waals surface area contributed by atoms with Gasteiger partial charge in [-0.2, -0.15) is 0 Å². The minimum Gasteiger partial charge on any atom is -0.488 e. The predicted octanol–water partition coefficient (Wildman–Crippen LogP) is 6.66. The van der Waals surface area contributed by atoms with E-state index >= 15 is 0 Å². The van der Waals surface area contributed by atoms with Crippen LogP contribution >= 0.6 is 12.4 Å². The second-order valence-corrected chi connectivity index (χ2v) is 9.25. The maximum atomic E-state index is 14.3. The van der Waals surface area contributed by atoms with Gasteiger partial charge in [-0.3, -0.25) is 0 Å². The van der Waals surface area contributed by atoms with Crippen LogP contribution in [0.3, 0.4) is 0 Å². The molecule has 1 atom stereocenters. The molecule has 0 amide bonds. The van der Waals surface area contributed by atoms with Crippen molar-refractivity contribution in [2.24, 2.45) is 0 Å². The van der Waals surface area contributed by atoms with E-state index < -0.39 is 0 Å². The number of nitrogens with one attached hydrogen (secondary N) is 3. The number of aromatic amines is 2. The molecule has 170 valence electrons. The highest BCUT2D eigenvalue weighted by atomic mass is 35.5. The maximum Gasteiger partial charge on any atom is 0.167 e. The Bertz CT molecular complexity index is 1430. The highest BCUT2D eigenvalue weighted by Crippen LogP contribution is 2.52. The molecule has 5 aromatic rings. The molecule has 2 fully saturated rings. The summed E-state index contributed by atoms with van der Waals surface area (Å²) in [5.74, 6) is 0.599. The number of aromatic nitrogens is 2. The fourth-order valence-corrected chi connectivity index (χ4v) is 5.49. The van der Waals surface area contributed by atoms with Crippen LogP contribution < -0.4 is 10.1 Å². The van der Waals surface area contributed by atoms with E-state index in [0.717, 1.165) is 81.6 Å². The van der Waals surface area contributed by atoms with Crippen molar-refractivity contribution < 1.29 is 13.5 Å². The van der Waals surface area contributed by atoms with Crippen molar-refractivity contribution in [2.75, 3.05) is 13.2 Å². The van der Waals surface area contributed by atoms with Crippen LogP contribution in [0.4, 0.5) is 8.78 Å². The van der Waals surface area contributed by atoms with Crippen LogP contribution in [-0.2, 0) is 0 Å². The summed E-state index contributed by atoms with van der Waals surface area (Å²) in [7, 11) is 0. The first kappa shape index (κ1) is 20.8. The van der Waals surface area contributed by atoms with Gasteiger partial charge in [0.25, 0.3) is 0 Å². The first-order valence-electron chi connectivity index (χ1n) is 11.4. The molecule has 3 N–H and O–H groups in total. The summed E-state index contributed by atoms with van der Waals surface area (Å²) in [4.78, 5) is 7.03. The molecule has 1 aliphatic carbocycles. The second-order valence-electron chi connectivity index (χ2n) is 9.25. The van der Waals surface area contributed by atoms with E-state index in [-0.39, 0.29) is 24.0 Å². The second kappa shape index (κ2) is 7.61. The summed E-state index contributed by atoms with van der Waals surface area (Å²) >= 11 is 0. The van der Waals surface area contributed by atoms with E-state index in [1.165, 1.54) is 17.7 Å². The molecule has 4 nitrogen and oxygen atoms in total.